The smallest absolute Gasteiger partial charge is 0.410 e. The summed E-state index contributed by atoms with van der Waals surface area (Å²) in [5.74, 6) is -0.155. The third kappa shape index (κ3) is 5.11. The summed E-state index contributed by atoms with van der Waals surface area (Å²) in [7, 11) is 0. The minimum absolute atomic E-state index is 0.160. The van der Waals surface area contributed by atoms with Gasteiger partial charge >= 0.3 is 12.1 Å². The van der Waals surface area contributed by atoms with Gasteiger partial charge in [-0.15, -0.1) is 0 Å². The second kappa shape index (κ2) is 7.33. The summed E-state index contributed by atoms with van der Waals surface area (Å²) >= 11 is 0. The molecule has 0 radical (unpaired) electrons. The van der Waals surface area contributed by atoms with Gasteiger partial charge < -0.3 is 19.5 Å². The molecule has 0 saturated carbocycles. The summed E-state index contributed by atoms with van der Waals surface area (Å²) in [5.41, 5.74) is 0.684. The number of hydrogen-bond donors (Lipinski definition) is 1. The van der Waals surface area contributed by atoms with Gasteiger partial charge in [0.05, 0.1) is 6.61 Å². The van der Waals surface area contributed by atoms with Crippen molar-refractivity contribution in [2.24, 2.45) is 5.92 Å². The first kappa shape index (κ1) is 19.1. The third-order valence-corrected chi connectivity index (χ3v) is 3.99. The molecule has 6 nitrogen and oxygen atoms in total. The first-order valence-electron chi connectivity index (χ1n) is 8.55. The second-order valence-electron chi connectivity index (χ2n) is 7.78. The molecule has 0 aliphatic carbocycles. The number of amides is 1. The molecule has 1 aliphatic heterocycles. The van der Waals surface area contributed by atoms with Crippen molar-refractivity contribution < 1.29 is 24.2 Å². The van der Waals surface area contributed by atoms with Crippen LogP contribution < -0.4 is 4.74 Å². The van der Waals surface area contributed by atoms with Crippen LogP contribution in [0.4, 0.5) is 4.79 Å². The van der Waals surface area contributed by atoms with E-state index in [1.165, 1.54) is 0 Å². The van der Waals surface area contributed by atoms with Gasteiger partial charge in [-0.25, -0.2) is 9.59 Å². The van der Waals surface area contributed by atoms with Crippen LogP contribution in [0.2, 0.25) is 0 Å². The van der Waals surface area contributed by atoms with Gasteiger partial charge in [0.25, 0.3) is 0 Å². The summed E-state index contributed by atoms with van der Waals surface area (Å²) in [6.07, 6.45) is -0.322. The molecule has 2 rings (SSSR count). The quantitative estimate of drug-likeness (QED) is 0.876. The highest BCUT2D eigenvalue weighted by Crippen LogP contribution is 2.27. The lowest BCUT2D eigenvalue weighted by atomic mass is 10.00. The van der Waals surface area contributed by atoms with Gasteiger partial charge in [-0.05, 0) is 44.4 Å². The number of aromatic carboxylic acids is 1. The van der Waals surface area contributed by atoms with Crippen LogP contribution in [0, 0.1) is 5.92 Å². The van der Waals surface area contributed by atoms with Gasteiger partial charge in [0.1, 0.15) is 16.9 Å². The molecule has 6 heteroatoms. The second-order valence-corrected chi connectivity index (χ2v) is 7.78. The predicted octanol–water partition coefficient (Wildman–Crippen LogP) is 3.75. The summed E-state index contributed by atoms with van der Waals surface area (Å²) in [6.45, 7) is 11.1. The Labute approximate surface area is 148 Å². The summed E-state index contributed by atoms with van der Waals surface area (Å²) in [4.78, 5) is 24.9. The first-order valence-corrected chi connectivity index (χ1v) is 8.55. The van der Waals surface area contributed by atoms with Crippen molar-refractivity contribution in [1.29, 1.82) is 0 Å². The van der Waals surface area contributed by atoms with Crippen LogP contribution in [0.3, 0.4) is 0 Å². The fourth-order valence-corrected chi connectivity index (χ4v) is 2.55. The van der Waals surface area contributed by atoms with E-state index in [1.807, 2.05) is 40.7 Å². The Hall–Kier alpha value is -2.24. The van der Waals surface area contributed by atoms with E-state index in [1.54, 1.807) is 17.0 Å². The van der Waals surface area contributed by atoms with Crippen molar-refractivity contribution in [3.63, 3.8) is 0 Å². The van der Waals surface area contributed by atoms with E-state index in [4.69, 9.17) is 9.47 Å². The molecule has 0 bridgehead atoms. The van der Waals surface area contributed by atoms with Crippen molar-refractivity contribution >= 4 is 12.1 Å². The summed E-state index contributed by atoms with van der Waals surface area (Å²) < 4.78 is 11.1. The van der Waals surface area contributed by atoms with Crippen LogP contribution in [0.25, 0.3) is 0 Å². The molecule has 1 N–H and O–H groups in total. The molecular weight excluding hydrogens is 322 g/mol. The largest absolute Gasteiger partial charge is 0.492 e. The van der Waals surface area contributed by atoms with Gasteiger partial charge in [-0.2, -0.15) is 0 Å². The average Bonchev–Trinajstić information content (AvgIpc) is 2.43. The molecule has 138 valence electrons. The molecule has 0 atom stereocenters. The molecular formula is C19H27NO5. The lowest BCUT2D eigenvalue weighted by molar-refractivity contribution is -0.00785. The number of carboxylic acid groups (broad SMARTS) is 1. The average molecular weight is 349 g/mol. The lowest BCUT2D eigenvalue weighted by Gasteiger charge is -2.39. The number of rotatable bonds is 5. The molecule has 1 heterocycles. The molecule has 0 aromatic heterocycles. The van der Waals surface area contributed by atoms with E-state index >= 15 is 0 Å². The number of benzene rings is 1. The van der Waals surface area contributed by atoms with Crippen molar-refractivity contribution in [3.05, 3.63) is 29.3 Å². The Kier molecular flexibility index (Phi) is 5.60. The van der Waals surface area contributed by atoms with Gasteiger partial charge in [-0.3, -0.25) is 0 Å². The number of ether oxygens (including phenoxy) is 2. The number of carbonyl (C=O) groups excluding carboxylic acids is 1. The first-order chi connectivity index (χ1) is 11.6. The Morgan fingerprint density at radius 3 is 2.44 bits per heavy atom. The van der Waals surface area contributed by atoms with Crippen molar-refractivity contribution in [2.75, 3.05) is 19.7 Å². The molecule has 1 aliphatic rings. The molecule has 25 heavy (non-hydrogen) atoms. The molecule has 0 unspecified atom stereocenters. The highest BCUT2D eigenvalue weighted by Gasteiger charge is 2.34. The zero-order valence-electron chi connectivity index (χ0n) is 15.5. The number of likely N-dealkylation sites (tertiary alicyclic amines) is 1. The maximum atomic E-state index is 11.9. The number of carbonyl (C=O) groups is 2. The molecule has 0 spiro atoms. The van der Waals surface area contributed by atoms with Crippen LogP contribution in [0.15, 0.2) is 18.2 Å². The SMILES string of the molecule is CC(C)c1ccc(C(=O)O)c(OCC2CN(C(=O)OC(C)(C)C)C2)c1. The summed E-state index contributed by atoms with van der Waals surface area (Å²) in [5, 5.41) is 9.31. The standard InChI is InChI=1S/C19H27NO5/c1-12(2)14-6-7-15(17(21)22)16(8-14)24-11-13-9-20(10-13)18(23)25-19(3,4)5/h6-8,12-13H,9-11H2,1-5H3,(H,21,22). The topological polar surface area (TPSA) is 76.1 Å². The molecule has 1 saturated heterocycles. The molecule has 1 amide bonds. The van der Waals surface area contributed by atoms with E-state index in [-0.39, 0.29) is 23.5 Å². The number of nitrogens with zero attached hydrogens (tertiary/aromatic N) is 1. The van der Waals surface area contributed by atoms with E-state index in [9.17, 15) is 14.7 Å². The number of hydrogen-bond acceptors (Lipinski definition) is 4. The Balaban J connectivity index is 1.91. The van der Waals surface area contributed by atoms with E-state index in [2.05, 4.69) is 0 Å². The molecule has 1 aromatic carbocycles. The van der Waals surface area contributed by atoms with E-state index in [0.717, 1.165) is 5.56 Å². The highest BCUT2D eigenvalue weighted by molar-refractivity contribution is 5.91. The Morgan fingerprint density at radius 2 is 1.92 bits per heavy atom. The van der Waals surface area contributed by atoms with Crippen LogP contribution in [-0.2, 0) is 4.74 Å². The van der Waals surface area contributed by atoms with E-state index in [0.29, 0.717) is 25.4 Å². The lowest BCUT2D eigenvalue weighted by Crippen LogP contribution is -2.53. The minimum atomic E-state index is -1.01. The van der Waals surface area contributed by atoms with Crippen LogP contribution in [-0.4, -0.2) is 47.4 Å². The monoisotopic (exact) mass is 349 g/mol. The van der Waals surface area contributed by atoms with Crippen LogP contribution in [0.5, 0.6) is 5.75 Å². The Bertz CT molecular complexity index is 642. The zero-order chi connectivity index (χ0) is 18.8. The van der Waals surface area contributed by atoms with Crippen molar-refractivity contribution in [1.82, 2.24) is 4.90 Å². The van der Waals surface area contributed by atoms with E-state index < -0.39 is 11.6 Å². The Morgan fingerprint density at radius 1 is 1.28 bits per heavy atom. The maximum absolute atomic E-state index is 11.9. The van der Waals surface area contributed by atoms with Gasteiger partial charge in [0.2, 0.25) is 0 Å². The summed E-state index contributed by atoms with van der Waals surface area (Å²) in [6, 6.07) is 5.19. The van der Waals surface area contributed by atoms with Gasteiger partial charge in [0, 0.05) is 19.0 Å². The third-order valence-electron chi connectivity index (χ3n) is 3.99. The van der Waals surface area contributed by atoms with Crippen LogP contribution >= 0.6 is 0 Å². The fourth-order valence-electron chi connectivity index (χ4n) is 2.55. The minimum Gasteiger partial charge on any atom is -0.492 e. The van der Waals surface area contributed by atoms with Crippen molar-refractivity contribution in [3.8, 4) is 5.75 Å². The molecule has 1 aromatic rings. The fraction of sp³-hybridized carbons (Fsp3) is 0.579. The van der Waals surface area contributed by atoms with Gasteiger partial charge in [0.15, 0.2) is 0 Å². The molecule has 1 fully saturated rings. The van der Waals surface area contributed by atoms with Gasteiger partial charge in [-0.1, -0.05) is 19.9 Å². The zero-order valence-corrected chi connectivity index (χ0v) is 15.5. The highest BCUT2D eigenvalue weighted by atomic mass is 16.6. The van der Waals surface area contributed by atoms with Crippen LogP contribution in [0.1, 0.15) is 56.5 Å². The predicted molar refractivity (Wildman–Crippen MR) is 94.3 cm³/mol. The number of carboxylic acids is 1. The normalized spacial score (nSPS) is 15.0. The van der Waals surface area contributed by atoms with Crippen molar-refractivity contribution in [2.45, 2.75) is 46.1 Å². The maximum Gasteiger partial charge on any atom is 0.410 e.